The van der Waals surface area contributed by atoms with E-state index in [1.165, 1.54) is 0 Å². The summed E-state index contributed by atoms with van der Waals surface area (Å²) in [6, 6.07) is 11.9. The Morgan fingerprint density at radius 1 is 1.29 bits per heavy atom. The number of rotatable bonds is 2. The Hall–Kier alpha value is -1.78. The zero-order valence-electron chi connectivity index (χ0n) is 11.9. The van der Waals surface area contributed by atoms with Crippen molar-refractivity contribution in [2.24, 2.45) is 0 Å². The highest BCUT2D eigenvalue weighted by atomic mass is 35.5. The molecule has 1 atom stereocenters. The summed E-state index contributed by atoms with van der Waals surface area (Å²) in [6.07, 6.45) is 1.64. The molecule has 1 aliphatic heterocycles. The maximum absolute atomic E-state index is 12.7. The molecule has 1 saturated heterocycles. The number of amides is 1. The largest absolute Gasteiger partial charge is 0.356 e. The topological polar surface area (TPSA) is 39.3 Å². The average molecular weight is 304 g/mol. The van der Waals surface area contributed by atoms with Crippen LogP contribution in [0.25, 0.3) is 0 Å². The molecule has 0 spiro atoms. The third-order valence-electron chi connectivity index (χ3n) is 3.91. The molecule has 1 aliphatic rings. The number of carbonyl (C=O) groups excluding carboxylic acids is 1. The summed E-state index contributed by atoms with van der Waals surface area (Å²) in [4.78, 5) is 19.9. The van der Waals surface area contributed by atoms with E-state index in [4.69, 9.17) is 11.6 Å². The molecule has 2 aromatic rings. The normalized spacial score (nSPS) is 19.7. The number of H-pyrrole nitrogens is 1. The van der Waals surface area contributed by atoms with Gasteiger partial charge in [-0.1, -0.05) is 41.9 Å². The first-order chi connectivity index (χ1) is 10.1. The van der Waals surface area contributed by atoms with Crippen LogP contribution in [0.1, 0.15) is 22.1 Å². The summed E-state index contributed by atoms with van der Waals surface area (Å²) in [5, 5.41) is 0.559. The molecule has 0 saturated carbocycles. The van der Waals surface area contributed by atoms with Gasteiger partial charge in [0, 0.05) is 25.8 Å². The van der Waals surface area contributed by atoms with E-state index in [-0.39, 0.29) is 11.9 Å². The van der Waals surface area contributed by atoms with Gasteiger partial charge in [0.1, 0.15) is 5.69 Å². The van der Waals surface area contributed by atoms with Crippen LogP contribution in [0.15, 0.2) is 42.6 Å². The van der Waals surface area contributed by atoms with Crippen molar-refractivity contribution >= 4 is 17.5 Å². The van der Waals surface area contributed by atoms with E-state index in [1.807, 2.05) is 23.1 Å². The van der Waals surface area contributed by atoms with Crippen molar-refractivity contribution in [2.75, 3.05) is 26.7 Å². The van der Waals surface area contributed by atoms with Crippen LogP contribution in [0.5, 0.6) is 0 Å². The number of hydrogen-bond acceptors (Lipinski definition) is 2. The van der Waals surface area contributed by atoms with Gasteiger partial charge in [0.2, 0.25) is 0 Å². The standard InChI is InChI=1S/C16H18ClN3O/c1-19-7-8-20(16(21)14-9-13(17)10-18-14)15(11-19)12-5-3-2-4-6-12/h2-6,9-10,15,18H,7-8,11H2,1H3. The molecule has 0 radical (unpaired) electrons. The number of halogens is 1. The molecule has 1 amide bonds. The second kappa shape index (κ2) is 5.92. The van der Waals surface area contributed by atoms with Gasteiger partial charge in [-0.25, -0.2) is 0 Å². The summed E-state index contributed by atoms with van der Waals surface area (Å²) < 4.78 is 0. The zero-order valence-corrected chi connectivity index (χ0v) is 12.7. The number of nitrogens with zero attached hydrogens (tertiary/aromatic N) is 2. The Balaban J connectivity index is 1.89. The van der Waals surface area contributed by atoms with Crippen LogP contribution in [-0.4, -0.2) is 47.4 Å². The zero-order chi connectivity index (χ0) is 14.8. The molecular formula is C16H18ClN3O. The van der Waals surface area contributed by atoms with Crippen molar-refractivity contribution in [1.29, 1.82) is 0 Å². The summed E-state index contributed by atoms with van der Waals surface area (Å²) in [5.41, 5.74) is 1.71. The van der Waals surface area contributed by atoms with Gasteiger partial charge in [-0.2, -0.15) is 0 Å². The van der Waals surface area contributed by atoms with E-state index in [0.717, 1.165) is 18.7 Å². The lowest BCUT2D eigenvalue weighted by molar-refractivity contribution is 0.0493. The minimum atomic E-state index is 0.00357. The van der Waals surface area contributed by atoms with Crippen LogP contribution >= 0.6 is 11.6 Å². The van der Waals surface area contributed by atoms with Crippen LogP contribution in [-0.2, 0) is 0 Å². The molecule has 1 aromatic carbocycles. The molecule has 2 heterocycles. The summed E-state index contributed by atoms with van der Waals surface area (Å²) in [6.45, 7) is 2.43. The van der Waals surface area contributed by atoms with Gasteiger partial charge >= 0.3 is 0 Å². The number of carbonyl (C=O) groups is 1. The number of hydrogen-bond donors (Lipinski definition) is 1. The molecule has 1 aromatic heterocycles. The predicted molar refractivity (Wildman–Crippen MR) is 83.5 cm³/mol. The van der Waals surface area contributed by atoms with Gasteiger partial charge in [0.25, 0.3) is 5.91 Å². The van der Waals surface area contributed by atoms with Crippen LogP contribution in [0, 0.1) is 0 Å². The maximum atomic E-state index is 12.7. The molecule has 5 heteroatoms. The third-order valence-corrected chi connectivity index (χ3v) is 4.13. The Labute approximate surface area is 129 Å². The fourth-order valence-electron chi connectivity index (χ4n) is 2.77. The number of piperazine rings is 1. The molecule has 4 nitrogen and oxygen atoms in total. The lowest BCUT2D eigenvalue weighted by atomic mass is 10.0. The fourth-order valence-corrected chi connectivity index (χ4v) is 2.93. The Morgan fingerprint density at radius 2 is 2.05 bits per heavy atom. The molecule has 110 valence electrons. The minimum Gasteiger partial charge on any atom is -0.356 e. The van der Waals surface area contributed by atoms with Gasteiger partial charge in [-0.05, 0) is 18.7 Å². The summed E-state index contributed by atoms with van der Waals surface area (Å²) >= 11 is 5.91. The van der Waals surface area contributed by atoms with Gasteiger partial charge in [-0.15, -0.1) is 0 Å². The van der Waals surface area contributed by atoms with E-state index in [9.17, 15) is 4.79 Å². The van der Waals surface area contributed by atoms with E-state index >= 15 is 0 Å². The number of aromatic nitrogens is 1. The lowest BCUT2D eigenvalue weighted by Crippen LogP contribution is -2.49. The molecule has 1 N–H and O–H groups in total. The molecule has 0 bridgehead atoms. The molecule has 1 unspecified atom stereocenters. The molecule has 0 aliphatic carbocycles. The summed E-state index contributed by atoms with van der Waals surface area (Å²) in [5.74, 6) is 0.00357. The number of nitrogens with one attached hydrogen (secondary N) is 1. The van der Waals surface area contributed by atoms with Crippen molar-refractivity contribution in [1.82, 2.24) is 14.8 Å². The number of likely N-dealkylation sites (N-methyl/N-ethyl adjacent to an activating group) is 1. The highest BCUT2D eigenvalue weighted by Crippen LogP contribution is 2.26. The second-order valence-corrected chi connectivity index (χ2v) is 5.86. The third kappa shape index (κ3) is 2.96. The quantitative estimate of drug-likeness (QED) is 0.926. The number of benzene rings is 1. The second-order valence-electron chi connectivity index (χ2n) is 5.42. The van der Waals surface area contributed by atoms with Gasteiger partial charge in [-0.3, -0.25) is 4.79 Å². The van der Waals surface area contributed by atoms with Crippen LogP contribution in [0.2, 0.25) is 5.02 Å². The smallest absolute Gasteiger partial charge is 0.270 e. The van der Waals surface area contributed by atoms with Crippen molar-refractivity contribution in [3.63, 3.8) is 0 Å². The number of aromatic amines is 1. The highest BCUT2D eigenvalue weighted by Gasteiger charge is 2.31. The first-order valence-corrected chi connectivity index (χ1v) is 7.41. The van der Waals surface area contributed by atoms with Crippen LogP contribution in [0.4, 0.5) is 0 Å². The van der Waals surface area contributed by atoms with E-state index < -0.39 is 0 Å². The van der Waals surface area contributed by atoms with E-state index in [2.05, 4.69) is 29.1 Å². The monoisotopic (exact) mass is 303 g/mol. The first kappa shape index (κ1) is 14.2. The van der Waals surface area contributed by atoms with E-state index in [1.54, 1.807) is 12.3 Å². The fraction of sp³-hybridized carbons (Fsp3) is 0.312. The minimum absolute atomic E-state index is 0.00357. The van der Waals surface area contributed by atoms with Crippen molar-refractivity contribution in [3.8, 4) is 0 Å². The Morgan fingerprint density at radius 3 is 2.71 bits per heavy atom. The summed E-state index contributed by atoms with van der Waals surface area (Å²) in [7, 11) is 2.09. The molecular weight excluding hydrogens is 286 g/mol. The SMILES string of the molecule is CN1CCN(C(=O)c2cc(Cl)c[nH]2)C(c2ccccc2)C1. The lowest BCUT2D eigenvalue weighted by Gasteiger charge is -2.40. The first-order valence-electron chi connectivity index (χ1n) is 7.03. The van der Waals surface area contributed by atoms with Crippen molar-refractivity contribution in [3.05, 3.63) is 58.9 Å². The molecule has 21 heavy (non-hydrogen) atoms. The molecule has 3 rings (SSSR count). The van der Waals surface area contributed by atoms with Crippen molar-refractivity contribution < 1.29 is 4.79 Å². The Kier molecular flexibility index (Phi) is 3.99. The molecule has 1 fully saturated rings. The maximum Gasteiger partial charge on any atom is 0.270 e. The van der Waals surface area contributed by atoms with Crippen LogP contribution < -0.4 is 0 Å². The van der Waals surface area contributed by atoms with Crippen molar-refractivity contribution in [2.45, 2.75) is 6.04 Å². The van der Waals surface area contributed by atoms with Crippen LogP contribution in [0.3, 0.4) is 0 Å². The van der Waals surface area contributed by atoms with Gasteiger partial charge in [0.05, 0.1) is 11.1 Å². The Bertz CT molecular complexity index is 625. The highest BCUT2D eigenvalue weighted by molar-refractivity contribution is 6.30. The van der Waals surface area contributed by atoms with Gasteiger partial charge < -0.3 is 14.8 Å². The predicted octanol–water partition coefficient (Wildman–Crippen LogP) is 2.80. The average Bonchev–Trinajstić information content (AvgIpc) is 2.94. The van der Waals surface area contributed by atoms with E-state index in [0.29, 0.717) is 17.3 Å². The van der Waals surface area contributed by atoms with Gasteiger partial charge in [0.15, 0.2) is 0 Å².